The molecule has 0 saturated carbocycles. The normalized spacial score (nSPS) is 14.2. The summed E-state index contributed by atoms with van der Waals surface area (Å²) < 4.78 is 16.5. The third-order valence-corrected chi connectivity index (χ3v) is 6.06. The summed E-state index contributed by atoms with van der Waals surface area (Å²) in [4.78, 5) is 28.4. The van der Waals surface area contributed by atoms with Crippen LogP contribution < -0.4 is 10.2 Å². The van der Waals surface area contributed by atoms with Gasteiger partial charge in [0.2, 0.25) is 11.9 Å². The first-order chi connectivity index (χ1) is 15.7. The Morgan fingerprint density at radius 2 is 1.88 bits per heavy atom. The summed E-state index contributed by atoms with van der Waals surface area (Å²) in [5, 5.41) is 3.69. The van der Waals surface area contributed by atoms with Crippen molar-refractivity contribution in [2.24, 2.45) is 0 Å². The highest BCUT2D eigenvalue weighted by molar-refractivity contribution is 6.33. The summed E-state index contributed by atoms with van der Waals surface area (Å²) in [6.45, 7) is 10.3. The van der Waals surface area contributed by atoms with Gasteiger partial charge in [-0.15, -0.1) is 0 Å². The van der Waals surface area contributed by atoms with Gasteiger partial charge < -0.3 is 19.7 Å². The minimum Gasteiger partial charge on any atom is -0.367 e. The van der Waals surface area contributed by atoms with Gasteiger partial charge in [-0.25, -0.2) is 19.3 Å². The number of piperazine rings is 1. The lowest BCUT2D eigenvalue weighted by molar-refractivity contribution is -0.129. The van der Waals surface area contributed by atoms with E-state index in [9.17, 15) is 9.18 Å². The lowest BCUT2D eigenvalue weighted by Gasteiger charge is -2.36. The van der Waals surface area contributed by atoms with E-state index in [-0.39, 0.29) is 23.6 Å². The number of aryl methyl sites for hydroxylation is 1. The molecular weight excluding hydrogens is 445 g/mol. The molecule has 8 nitrogen and oxygen atoms in total. The number of anilines is 3. The monoisotopic (exact) mass is 471 g/mol. The fourth-order valence-electron chi connectivity index (χ4n) is 4.12. The minimum absolute atomic E-state index is 0.0885. The Morgan fingerprint density at radius 1 is 1.15 bits per heavy atom. The number of rotatable bonds is 5. The van der Waals surface area contributed by atoms with Gasteiger partial charge in [-0.3, -0.25) is 4.79 Å². The van der Waals surface area contributed by atoms with Crippen molar-refractivity contribution in [3.8, 4) is 11.4 Å². The predicted octanol–water partition coefficient (Wildman–Crippen LogP) is 4.43. The van der Waals surface area contributed by atoms with E-state index in [1.807, 2.05) is 42.4 Å². The SMILES string of the molecule is CC(=O)N1CCN(c2ccc(Nc3ncc(F)c(-c4cnc(C)n4C(C)C)n3)cc2Cl)CC1. The summed E-state index contributed by atoms with van der Waals surface area (Å²) in [7, 11) is 0. The van der Waals surface area contributed by atoms with Crippen LogP contribution in [-0.2, 0) is 4.79 Å². The molecule has 1 saturated heterocycles. The fraction of sp³-hybridized carbons (Fsp3) is 0.391. The van der Waals surface area contributed by atoms with E-state index in [0.29, 0.717) is 29.5 Å². The van der Waals surface area contributed by atoms with Crippen molar-refractivity contribution in [3.63, 3.8) is 0 Å². The molecule has 3 aromatic rings. The number of halogens is 2. The molecule has 0 spiro atoms. The lowest BCUT2D eigenvalue weighted by Crippen LogP contribution is -2.48. The van der Waals surface area contributed by atoms with Gasteiger partial charge in [0.15, 0.2) is 5.82 Å². The molecule has 2 aromatic heterocycles. The number of hydrogen-bond donors (Lipinski definition) is 1. The van der Waals surface area contributed by atoms with Gasteiger partial charge >= 0.3 is 0 Å². The predicted molar refractivity (Wildman–Crippen MR) is 128 cm³/mol. The van der Waals surface area contributed by atoms with Gasteiger partial charge in [-0.2, -0.15) is 0 Å². The molecular formula is C23H27ClFN7O. The molecule has 0 bridgehead atoms. The first-order valence-electron chi connectivity index (χ1n) is 10.9. The van der Waals surface area contributed by atoms with E-state index in [2.05, 4.69) is 25.2 Å². The Kier molecular flexibility index (Phi) is 6.51. The average Bonchev–Trinajstić information content (AvgIpc) is 3.17. The summed E-state index contributed by atoms with van der Waals surface area (Å²) in [5.41, 5.74) is 2.39. The summed E-state index contributed by atoms with van der Waals surface area (Å²) >= 11 is 6.56. The molecule has 1 aliphatic rings. The minimum atomic E-state index is -0.513. The van der Waals surface area contributed by atoms with Crippen molar-refractivity contribution >= 4 is 34.8 Å². The summed E-state index contributed by atoms with van der Waals surface area (Å²) in [6, 6.07) is 5.71. The highest BCUT2D eigenvalue weighted by atomic mass is 35.5. The van der Waals surface area contributed by atoms with Crippen molar-refractivity contribution in [1.29, 1.82) is 0 Å². The molecule has 33 heavy (non-hydrogen) atoms. The highest BCUT2D eigenvalue weighted by Crippen LogP contribution is 2.31. The third kappa shape index (κ3) is 4.78. The number of carbonyl (C=O) groups is 1. The highest BCUT2D eigenvalue weighted by Gasteiger charge is 2.21. The van der Waals surface area contributed by atoms with Gasteiger partial charge in [0.05, 0.1) is 28.8 Å². The molecule has 0 radical (unpaired) electrons. The van der Waals surface area contributed by atoms with Crippen molar-refractivity contribution in [3.05, 3.63) is 47.3 Å². The molecule has 4 rings (SSSR count). The number of amides is 1. The fourth-order valence-corrected chi connectivity index (χ4v) is 4.42. The quantitative estimate of drug-likeness (QED) is 0.593. The molecule has 1 fully saturated rings. The maximum absolute atomic E-state index is 14.6. The van der Waals surface area contributed by atoms with Gasteiger partial charge in [-0.05, 0) is 39.0 Å². The van der Waals surface area contributed by atoms with Crippen LogP contribution in [0.3, 0.4) is 0 Å². The Labute approximate surface area is 197 Å². The van der Waals surface area contributed by atoms with Gasteiger partial charge in [-0.1, -0.05) is 11.6 Å². The van der Waals surface area contributed by atoms with E-state index in [0.717, 1.165) is 30.8 Å². The average molecular weight is 472 g/mol. The van der Waals surface area contributed by atoms with Gasteiger partial charge in [0.1, 0.15) is 11.5 Å². The second-order valence-electron chi connectivity index (χ2n) is 8.33. The molecule has 0 atom stereocenters. The molecule has 10 heteroatoms. The van der Waals surface area contributed by atoms with Crippen LogP contribution in [0.25, 0.3) is 11.4 Å². The van der Waals surface area contributed by atoms with E-state index in [1.54, 1.807) is 19.2 Å². The van der Waals surface area contributed by atoms with Crippen LogP contribution in [0.15, 0.2) is 30.6 Å². The number of benzene rings is 1. The Balaban J connectivity index is 1.54. The number of imidazole rings is 1. The van der Waals surface area contributed by atoms with Gasteiger partial charge in [0, 0.05) is 44.8 Å². The Morgan fingerprint density at radius 3 is 2.52 bits per heavy atom. The van der Waals surface area contributed by atoms with Crippen LogP contribution in [0.5, 0.6) is 0 Å². The second-order valence-corrected chi connectivity index (χ2v) is 8.74. The van der Waals surface area contributed by atoms with E-state index in [4.69, 9.17) is 11.6 Å². The molecule has 1 aromatic carbocycles. The summed E-state index contributed by atoms with van der Waals surface area (Å²) in [6.07, 6.45) is 2.78. The number of carbonyl (C=O) groups excluding carboxylic acids is 1. The van der Waals surface area contributed by atoms with E-state index < -0.39 is 5.82 Å². The smallest absolute Gasteiger partial charge is 0.227 e. The second kappa shape index (κ2) is 9.35. The standard InChI is InChI=1S/C23H27ClFN7O/c1-14(2)32-15(3)26-13-21(32)22-19(25)12-27-23(29-22)28-17-5-6-20(18(24)11-17)31-9-7-30(8-10-31)16(4)33/h5-6,11-14H,7-10H2,1-4H3,(H,27,28,29). The van der Waals surface area contributed by atoms with E-state index >= 15 is 0 Å². The number of aromatic nitrogens is 4. The van der Waals surface area contributed by atoms with Crippen molar-refractivity contribution in [1.82, 2.24) is 24.4 Å². The van der Waals surface area contributed by atoms with Crippen molar-refractivity contribution in [2.75, 3.05) is 36.4 Å². The molecule has 1 amide bonds. The molecule has 0 aliphatic carbocycles. The van der Waals surface area contributed by atoms with Crippen LogP contribution in [-0.4, -0.2) is 56.5 Å². The van der Waals surface area contributed by atoms with Gasteiger partial charge in [0.25, 0.3) is 0 Å². The first-order valence-corrected chi connectivity index (χ1v) is 11.3. The number of hydrogen-bond acceptors (Lipinski definition) is 6. The van der Waals surface area contributed by atoms with Crippen LogP contribution in [0, 0.1) is 12.7 Å². The van der Waals surface area contributed by atoms with Crippen molar-refractivity contribution < 1.29 is 9.18 Å². The maximum Gasteiger partial charge on any atom is 0.227 e. The van der Waals surface area contributed by atoms with Crippen LogP contribution in [0.1, 0.15) is 32.6 Å². The lowest BCUT2D eigenvalue weighted by atomic mass is 10.2. The molecule has 1 N–H and O–H groups in total. The van der Waals surface area contributed by atoms with Crippen LogP contribution in [0.4, 0.5) is 21.7 Å². The molecule has 1 aliphatic heterocycles. The molecule has 174 valence electrons. The third-order valence-electron chi connectivity index (χ3n) is 5.75. The van der Waals surface area contributed by atoms with E-state index in [1.165, 1.54) is 0 Å². The van der Waals surface area contributed by atoms with Crippen LogP contribution >= 0.6 is 11.6 Å². The Hall–Kier alpha value is -3.20. The number of nitrogens with one attached hydrogen (secondary N) is 1. The van der Waals surface area contributed by atoms with Crippen molar-refractivity contribution in [2.45, 2.75) is 33.7 Å². The zero-order chi connectivity index (χ0) is 23.7. The maximum atomic E-state index is 14.6. The largest absolute Gasteiger partial charge is 0.367 e. The van der Waals surface area contributed by atoms with Crippen LogP contribution in [0.2, 0.25) is 5.02 Å². The molecule has 3 heterocycles. The summed E-state index contributed by atoms with van der Waals surface area (Å²) in [5.74, 6) is 0.629. The zero-order valence-corrected chi connectivity index (χ0v) is 19.9. The number of nitrogens with zero attached hydrogens (tertiary/aromatic N) is 6. The Bertz CT molecular complexity index is 1170. The zero-order valence-electron chi connectivity index (χ0n) is 19.1. The topological polar surface area (TPSA) is 79.2 Å². The molecule has 0 unspecified atom stereocenters. The first kappa shape index (κ1) is 23.0.